The molecule has 0 saturated heterocycles. The summed E-state index contributed by atoms with van der Waals surface area (Å²) in [6, 6.07) is 8.17. The van der Waals surface area contributed by atoms with Gasteiger partial charge in [-0.3, -0.25) is 0 Å². The molecule has 0 radical (unpaired) electrons. The molecule has 0 unspecified atom stereocenters. The Balaban J connectivity index is 2.54. The number of aliphatic hydroxyl groups excluding tert-OH is 1. The topological polar surface area (TPSA) is 41.5 Å². The molecular formula is C12H19NO2. The smallest absolute Gasteiger partial charge is 0.118 e. The first-order chi connectivity index (χ1) is 7.13. The molecule has 3 nitrogen and oxygen atoms in total. The lowest BCUT2D eigenvalue weighted by molar-refractivity contribution is 0.187. The lowest BCUT2D eigenvalue weighted by atomic mass is 10.1. The van der Waals surface area contributed by atoms with Gasteiger partial charge in [0.1, 0.15) is 5.75 Å². The molecule has 0 aromatic heterocycles. The van der Waals surface area contributed by atoms with E-state index in [4.69, 9.17) is 9.84 Å². The zero-order chi connectivity index (χ0) is 11.3. The van der Waals surface area contributed by atoms with Crippen molar-refractivity contribution in [1.82, 2.24) is 5.32 Å². The molecule has 84 valence electrons. The Morgan fingerprint density at radius 1 is 1.27 bits per heavy atom. The first-order valence-electron chi connectivity index (χ1n) is 5.19. The first kappa shape index (κ1) is 12.0. The molecule has 3 heteroatoms. The highest BCUT2D eigenvalue weighted by atomic mass is 16.5. The van der Waals surface area contributed by atoms with E-state index >= 15 is 0 Å². The maximum Gasteiger partial charge on any atom is 0.118 e. The quantitative estimate of drug-likeness (QED) is 0.776. The second kappa shape index (κ2) is 5.73. The van der Waals surface area contributed by atoms with Crippen LogP contribution in [0.3, 0.4) is 0 Å². The molecule has 0 heterocycles. The second-order valence-electron chi connectivity index (χ2n) is 3.75. The maximum absolute atomic E-state index is 9.15. The summed E-state index contributed by atoms with van der Waals surface area (Å²) in [5.74, 6) is 0.862. The standard InChI is InChI=1S/C12H19NO2/c1-9(14)8-13-10(2)11-4-6-12(15-3)7-5-11/h4-7,9-10,13-14H,8H2,1-3H3/t9-,10-/m0/s1. The van der Waals surface area contributed by atoms with Gasteiger partial charge >= 0.3 is 0 Å². The van der Waals surface area contributed by atoms with Crippen molar-refractivity contribution in [1.29, 1.82) is 0 Å². The van der Waals surface area contributed by atoms with E-state index in [0.717, 1.165) is 5.75 Å². The monoisotopic (exact) mass is 209 g/mol. The number of methoxy groups -OCH3 is 1. The second-order valence-corrected chi connectivity index (χ2v) is 3.75. The lowest BCUT2D eigenvalue weighted by Gasteiger charge is -2.15. The fourth-order valence-electron chi connectivity index (χ4n) is 1.36. The molecule has 1 aromatic rings. The van der Waals surface area contributed by atoms with Crippen LogP contribution in [0.1, 0.15) is 25.5 Å². The van der Waals surface area contributed by atoms with Gasteiger partial charge in [-0.2, -0.15) is 0 Å². The Morgan fingerprint density at radius 3 is 2.33 bits per heavy atom. The van der Waals surface area contributed by atoms with Crippen molar-refractivity contribution in [2.45, 2.75) is 26.0 Å². The molecule has 0 aliphatic carbocycles. The van der Waals surface area contributed by atoms with E-state index in [1.807, 2.05) is 24.3 Å². The van der Waals surface area contributed by atoms with E-state index in [1.54, 1.807) is 14.0 Å². The van der Waals surface area contributed by atoms with Crippen LogP contribution in [-0.4, -0.2) is 24.9 Å². The van der Waals surface area contributed by atoms with Crippen LogP contribution in [0.15, 0.2) is 24.3 Å². The summed E-state index contributed by atoms with van der Waals surface area (Å²) in [5.41, 5.74) is 1.19. The molecule has 0 amide bonds. The largest absolute Gasteiger partial charge is 0.497 e. The highest BCUT2D eigenvalue weighted by molar-refractivity contribution is 5.28. The number of nitrogens with one attached hydrogen (secondary N) is 1. The van der Waals surface area contributed by atoms with E-state index in [0.29, 0.717) is 6.54 Å². The highest BCUT2D eigenvalue weighted by Gasteiger charge is 2.05. The average Bonchev–Trinajstić information content (AvgIpc) is 2.26. The molecule has 0 fully saturated rings. The van der Waals surface area contributed by atoms with Gasteiger partial charge in [-0.15, -0.1) is 0 Å². The summed E-state index contributed by atoms with van der Waals surface area (Å²) in [6.07, 6.45) is -0.314. The number of hydrogen-bond acceptors (Lipinski definition) is 3. The molecule has 0 saturated carbocycles. The van der Waals surface area contributed by atoms with Gasteiger partial charge in [0.25, 0.3) is 0 Å². The van der Waals surface area contributed by atoms with Crippen LogP contribution in [0.2, 0.25) is 0 Å². The van der Waals surface area contributed by atoms with Crippen LogP contribution < -0.4 is 10.1 Å². The molecule has 0 spiro atoms. The first-order valence-corrected chi connectivity index (χ1v) is 5.19. The number of rotatable bonds is 5. The molecule has 0 aliphatic rings. The Morgan fingerprint density at radius 2 is 1.87 bits per heavy atom. The van der Waals surface area contributed by atoms with E-state index in [2.05, 4.69) is 12.2 Å². The Hall–Kier alpha value is -1.06. The van der Waals surface area contributed by atoms with E-state index < -0.39 is 0 Å². The van der Waals surface area contributed by atoms with Crippen molar-refractivity contribution >= 4 is 0 Å². The van der Waals surface area contributed by atoms with Crippen LogP contribution in [0, 0.1) is 0 Å². The summed E-state index contributed by atoms with van der Waals surface area (Å²) < 4.78 is 5.09. The predicted octanol–water partition coefficient (Wildman–Crippen LogP) is 1.73. The summed E-state index contributed by atoms with van der Waals surface area (Å²) in [6.45, 7) is 4.45. The van der Waals surface area contributed by atoms with Gasteiger partial charge in [0.2, 0.25) is 0 Å². The molecular weight excluding hydrogens is 190 g/mol. The van der Waals surface area contributed by atoms with Crippen molar-refractivity contribution in [3.63, 3.8) is 0 Å². The Kier molecular flexibility index (Phi) is 4.59. The van der Waals surface area contributed by atoms with E-state index in [9.17, 15) is 0 Å². The third-order valence-electron chi connectivity index (χ3n) is 2.34. The fourth-order valence-corrected chi connectivity index (χ4v) is 1.36. The number of benzene rings is 1. The molecule has 2 atom stereocenters. The third kappa shape index (κ3) is 3.90. The molecule has 1 aromatic carbocycles. The van der Waals surface area contributed by atoms with Crippen LogP contribution in [0.25, 0.3) is 0 Å². The minimum Gasteiger partial charge on any atom is -0.497 e. The van der Waals surface area contributed by atoms with Gasteiger partial charge in [0.05, 0.1) is 13.2 Å². The van der Waals surface area contributed by atoms with Gasteiger partial charge in [0.15, 0.2) is 0 Å². The van der Waals surface area contributed by atoms with Gasteiger partial charge in [0, 0.05) is 12.6 Å². The SMILES string of the molecule is COc1ccc([C@H](C)NC[C@H](C)O)cc1. The Bertz CT molecular complexity index is 282. The van der Waals surface area contributed by atoms with Crippen LogP contribution in [-0.2, 0) is 0 Å². The number of ether oxygens (including phenoxy) is 1. The van der Waals surface area contributed by atoms with Crippen molar-refractivity contribution in [3.05, 3.63) is 29.8 Å². The van der Waals surface area contributed by atoms with Crippen LogP contribution >= 0.6 is 0 Å². The summed E-state index contributed by atoms with van der Waals surface area (Å²) in [7, 11) is 1.66. The molecule has 2 N–H and O–H groups in total. The summed E-state index contributed by atoms with van der Waals surface area (Å²) in [5, 5.41) is 12.4. The minimum absolute atomic E-state index is 0.241. The maximum atomic E-state index is 9.15. The highest BCUT2D eigenvalue weighted by Crippen LogP contribution is 2.16. The van der Waals surface area contributed by atoms with Gasteiger partial charge in [-0.1, -0.05) is 12.1 Å². The zero-order valence-electron chi connectivity index (χ0n) is 9.53. The van der Waals surface area contributed by atoms with Gasteiger partial charge in [-0.05, 0) is 31.5 Å². The minimum atomic E-state index is -0.314. The lowest BCUT2D eigenvalue weighted by Crippen LogP contribution is -2.27. The third-order valence-corrected chi connectivity index (χ3v) is 2.34. The molecule has 1 rings (SSSR count). The zero-order valence-corrected chi connectivity index (χ0v) is 9.53. The molecule has 0 bridgehead atoms. The van der Waals surface area contributed by atoms with Crippen molar-refractivity contribution in [2.24, 2.45) is 0 Å². The number of aliphatic hydroxyl groups is 1. The van der Waals surface area contributed by atoms with Crippen molar-refractivity contribution in [3.8, 4) is 5.75 Å². The number of hydrogen-bond donors (Lipinski definition) is 2. The van der Waals surface area contributed by atoms with E-state index in [1.165, 1.54) is 5.56 Å². The summed E-state index contributed by atoms with van der Waals surface area (Å²) in [4.78, 5) is 0. The average molecular weight is 209 g/mol. The predicted molar refractivity (Wildman–Crippen MR) is 61.1 cm³/mol. The van der Waals surface area contributed by atoms with Crippen LogP contribution in [0.4, 0.5) is 0 Å². The summed E-state index contributed by atoms with van der Waals surface area (Å²) >= 11 is 0. The fraction of sp³-hybridized carbons (Fsp3) is 0.500. The van der Waals surface area contributed by atoms with Gasteiger partial charge in [-0.25, -0.2) is 0 Å². The van der Waals surface area contributed by atoms with E-state index in [-0.39, 0.29) is 12.1 Å². The molecule has 0 aliphatic heterocycles. The Labute approximate surface area is 91.1 Å². The van der Waals surface area contributed by atoms with Crippen molar-refractivity contribution < 1.29 is 9.84 Å². The van der Waals surface area contributed by atoms with Crippen LogP contribution in [0.5, 0.6) is 5.75 Å². The van der Waals surface area contributed by atoms with Crippen molar-refractivity contribution in [2.75, 3.05) is 13.7 Å². The van der Waals surface area contributed by atoms with Gasteiger partial charge < -0.3 is 15.2 Å². The normalized spacial score (nSPS) is 14.7. The molecule has 15 heavy (non-hydrogen) atoms.